The monoisotopic (exact) mass is 218 g/mol. The number of aliphatic imine (C=N–C) groups is 1. The topological polar surface area (TPSA) is 35.8 Å². The van der Waals surface area contributed by atoms with Crippen molar-refractivity contribution < 1.29 is 5.11 Å². The average Bonchev–Trinajstić information content (AvgIpc) is 2.61. The second kappa shape index (κ2) is 3.91. The SMILES string of the molecule is C[C@H]1CN(c2ccccc2)C(C(C)(C)O)=N1. The van der Waals surface area contributed by atoms with Crippen LogP contribution in [0.15, 0.2) is 35.3 Å². The molecule has 3 heteroatoms. The Morgan fingerprint density at radius 3 is 2.50 bits per heavy atom. The fourth-order valence-corrected chi connectivity index (χ4v) is 1.99. The zero-order valence-corrected chi connectivity index (χ0v) is 10.0. The summed E-state index contributed by atoms with van der Waals surface area (Å²) >= 11 is 0. The number of nitrogens with zero attached hydrogens (tertiary/aromatic N) is 2. The van der Waals surface area contributed by atoms with Crippen molar-refractivity contribution in [2.75, 3.05) is 11.4 Å². The molecule has 86 valence electrons. The lowest BCUT2D eigenvalue weighted by Crippen LogP contribution is -2.43. The molecule has 1 atom stereocenters. The van der Waals surface area contributed by atoms with E-state index in [1.165, 1.54) is 0 Å². The number of rotatable bonds is 2. The summed E-state index contributed by atoms with van der Waals surface area (Å²) in [4.78, 5) is 6.60. The number of hydrogen-bond acceptors (Lipinski definition) is 3. The molecule has 0 saturated heterocycles. The minimum atomic E-state index is -0.888. The van der Waals surface area contributed by atoms with Gasteiger partial charge in [0, 0.05) is 12.2 Å². The van der Waals surface area contributed by atoms with Crippen LogP contribution in [-0.2, 0) is 0 Å². The maximum atomic E-state index is 10.1. The molecule has 0 aliphatic carbocycles. The van der Waals surface area contributed by atoms with Gasteiger partial charge in [-0.15, -0.1) is 0 Å². The van der Waals surface area contributed by atoms with Crippen LogP contribution in [0.5, 0.6) is 0 Å². The van der Waals surface area contributed by atoms with Crippen LogP contribution < -0.4 is 4.90 Å². The van der Waals surface area contributed by atoms with Crippen molar-refractivity contribution in [2.24, 2.45) is 4.99 Å². The van der Waals surface area contributed by atoms with Crippen LogP contribution in [0, 0.1) is 0 Å². The number of aliphatic hydroxyl groups is 1. The van der Waals surface area contributed by atoms with E-state index >= 15 is 0 Å². The van der Waals surface area contributed by atoms with Gasteiger partial charge < -0.3 is 10.0 Å². The first-order valence-corrected chi connectivity index (χ1v) is 5.62. The summed E-state index contributed by atoms with van der Waals surface area (Å²) in [6.45, 7) is 6.46. The highest BCUT2D eigenvalue weighted by atomic mass is 16.3. The molecule has 1 aromatic rings. The summed E-state index contributed by atoms with van der Waals surface area (Å²) in [5.41, 5.74) is 0.202. The van der Waals surface area contributed by atoms with Gasteiger partial charge in [0.2, 0.25) is 0 Å². The highest BCUT2D eigenvalue weighted by Gasteiger charge is 2.33. The Balaban J connectivity index is 2.33. The molecule has 1 aliphatic heterocycles. The molecule has 1 N–H and O–H groups in total. The van der Waals surface area contributed by atoms with Crippen LogP contribution in [0.3, 0.4) is 0 Å². The lowest BCUT2D eigenvalue weighted by Gasteiger charge is -2.28. The molecule has 0 radical (unpaired) electrons. The van der Waals surface area contributed by atoms with Crippen molar-refractivity contribution in [2.45, 2.75) is 32.4 Å². The third kappa shape index (κ3) is 2.09. The third-order valence-electron chi connectivity index (χ3n) is 2.66. The van der Waals surface area contributed by atoms with Crippen LogP contribution in [-0.4, -0.2) is 29.1 Å². The number of anilines is 1. The van der Waals surface area contributed by atoms with Gasteiger partial charge in [-0.05, 0) is 32.9 Å². The fraction of sp³-hybridized carbons (Fsp3) is 0.462. The lowest BCUT2D eigenvalue weighted by atomic mass is 10.1. The Labute approximate surface area is 96.4 Å². The predicted octanol–water partition coefficient (Wildman–Crippen LogP) is 2.06. The molecule has 1 aromatic carbocycles. The van der Waals surface area contributed by atoms with Gasteiger partial charge in [-0.25, -0.2) is 0 Å². The van der Waals surface area contributed by atoms with Crippen LogP contribution in [0.2, 0.25) is 0 Å². The zero-order chi connectivity index (χ0) is 11.8. The Morgan fingerprint density at radius 1 is 1.31 bits per heavy atom. The van der Waals surface area contributed by atoms with E-state index in [1.807, 2.05) is 30.3 Å². The van der Waals surface area contributed by atoms with Crippen molar-refractivity contribution in [3.63, 3.8) is 0 Å². The summed E-state index contributed by atoms with van der Waals surface area (Å²) in [7, 11) is 0. The molecule has 1 heterocycles. The average molecular weight is 218 g/mol. The Morgan fingerprint density at radius 2 is 1.94 bits per heavy atom. The predicted molar refractivity (Wildman–Crippen MR) is 67.0 cm³/mol. The third-order valence-corrected chi connectivity index (χ3v) is 2.66. The molecule has 16 heavy (non-hydrogen) atoms. The molecule has 0 fully saturated rings. The molecule has 0 spiro atoms. The largest absolute Gasteiger partial charge is 0.383 e. The summed E-state index contributed by atoms with van der Waals surface area (Å²) in [5.74, 6) is 0.756. The van der Waals surface area contributed by atoms with E-state index in [2.05, 4.69) is 16.8 Å². The first-order valence-electron chi connectivity index (χ1n) is 5.62. The molecule has 0 unspecified atom stereocenters. The number of benzene rings is 1. The quantitative estimate of drug-likeness (QED) is 0.824. The number of hydrogen-bond donors (Lipinski definition) is 1. The Kier molecular flexibility index (Phi) is 2.72. The second-order valence-electron chi connectivity index (χ2n) is 4.81. The second-order valence-corrected chi connectivity index (χ2v) is 4.81. The van der Waals surface area contributed by atoms with Crippen molar-refractivity contribution >= 4 is 11.5 Å². The van der Waals surface area contributed by atoms with Gasteiger partial charge in [0.05, 0.1) is 6.04 Å². The van der Waals surface area contributed by atoms with E-state index in [-0.39, 0.29) is 6.04 Å². The molecule has 0 amide bonds. The lowest BCUT2D eigenvalue weighted by molar-refractivity contribution is 0.152. The van der Waals surface area contributed by atoms with Gasteiger partial charge in [0.25, 0.3) is 0 Å². The zero-order valence-electron chi connectivity index (χ0n) is 10.0. The molecule has 1 aliphatic rings. The molecule has 3 nitrogen and oxygen atoms in total. The summed E-state index contributed by atoms with van der Waals surface area (Å²) in [6, 6.07) is 10.3. The number of para-hydroxylation sites is 1. The maximum absolute atomic E-state index is 10.1. The van der Waals surface area contributed by atoms with E-state index in [0.717, 1.165) is 18.1 Å². The Bertz CT molecular complexity index is 392. The van der Waals surface area contributed by atoms with Crippen molar-refractivity contribution in [3.8, 4) is 0 Å². The smallest absolute Gasteiger partial charge is 0.136 e. The van der Waals surface area contributed by atoms with Crippen LogP contribution in [0.1, 0.15) is 20.8 Å². The molecular formula is C13H18N2O. The molecule has 0 saturated carbocycles. The van der Waals surface area contributed by atoms with Gasteiger partial charge in [0.1, 0.15) is 11.4 Å². The number of amidine groups is 1. The maximum Gasteiger partial charge on any atom is 0.136 e. The van der Waals surface area contributed by atoms with Gasteiger partial charge in [-0.1, -0.05) is 18.2 Å². The van der Waals surface area contributed by atoms with Gasteiger partial charge in [0.15, 0.2) is 0 Å². The van der Waals surface area contributed by atoms with Crippen LogP contribution in [0.4, 0.5) is 5.69 Å². The van der Waals surface area contributed by atoms with Gasteiger partial charge >= 0.3 is 0 Å². The highest BCUT2D eigenvalue weighted by Crippen LogP contribution is 2.24. The fourth-order valence-electron chi connectivity index (χ4n) is 1.99. The molecule has 2 rings (SSSR count). The van der Waals surface area contributed by atoms with E-state index < -0.39 is 5.60 Å². The first-order chi connectivity index (χ1) is 7.48. The standard InChI is InChI=1S/C13H18N2O/c1-10-9-15(11-7-5-4-6-8-11)12(14-10)13(2,3)16/h4-8,10,16H,9H2,1-3H3/t10-/m0/s1. The van der Waals surface area contributed by atoms with Gasteiger partial charge in [-0.3, -0.25) is 4.99 Å². The molecule has 0 bridgehead atoms. The molecule has 0 aromatic heterocycles. The molecular weight excluding hydrogens is 200 g/mol. The van der Waals surface area contributed by atoms with E-state index in [0.29, 0.717) is 0 Å². The van der Waals surface area contributed by atoms with Crippen molar-refractivity contribution in [1.82, 2.24) is 0 Å². The van der Waals surface area contributed by atoms with Crippen molar-refractivity contribution in [3.05, 3.63) is 30.3 Å². The van der Waals surface area contributed by atoms with E-state index in [9.17, 15) is 5.11 Å². The summed E-state index contributed by atoms with van der Waals surface area (Å²) < 4.78 is 0. The minimum Gasteiger partial charge on any atom is -0.383 e. The Hall–Kier alpha value is -1.35. The first kappa shape index (κ1) is 11.1. The normalized spacial score (nSPS) is 21.1. The van der Waals surface area contributed by atoms with Crippen molar-refractivity contribution in [1.29, 1.82) is 0 Å². The minimum absolute atomic E-state index is 0.238. The van der Waals surface area contributed by atoms with E-state index in [4.69, 9.17) is 0 Å². The highest BCUT2D eigenvalue weighted by molar-refractivity contribution is 6.04. The van der Waals surface area contributed by atoms with Crippen LogP contribution >= 0.6 is 0 Å². The summed E-state index contributed by atoms with van der Waals surface area (Å²) in [5, 5.41) is 10.1. The van der Waals surface area contributed by atoms with Gasteiger partial charge in [-0.2, -0.15) is 0 Å². The van der Waals surface area contributed by atoms with Crippen LogP contribution in [0.25, 0.3) is 0 Å². The van der Waals surface area contributed by atoms with E-state index in [1.54, 1.807) is 13.8 Å². The summed E-state index contributed by atoms with van der Waals surface area (Å²) in [6.07, 6.45) is 0.